The Labute approximate surface area is 132 Å². The van der Waals surface area contributed by atoms with Crippen LogP contribution in [-0.4, -0.2) is 11.0 Å². The first-order valence-corrected chi connectivity index (χ1v) is 7.03. The number of hydrogen-bond acceptors (Lipinski definition) is 5. The molecule has 0 aliphatic carbocycles. The molecule has 2 heterocycles. The van der Waals surface area contributed by atoms with E-state index in [0.29, 0.717) is 17.9 Å². The summed E-state index contributed by atoms with van der Waals surface area (Å²) < 4.78 is 10.8. The second kappa shape index (κ2) is 5.66. The molecular weight excluding hydrogens is 304 g/mol. The Morgan fingerprint density at radius 3 is 3.00 bits per heavy atom. The average molecular weight is 315 g/mol. The van der Waals surface area contributed by atoms with Gasteiger partial charge in [-0.15, -0.1) is 0 Å². The zero-order valence-corrected chi connectivity index (χ0v) is 12.4. The van der Waals surface area contributed by atoms with Crippen LogP contribution in [0.4, 0.5) is 0 Å². The molecule has 0 saturated heterocycles. The van der Waals surface area contributed by atoms with Crippen molar-refractivity contribution in [3.8, 4) is 23.4 Å². The van der Waals surface area contributed by atoms with Crippen LogP contribution < -0.4 is 9.47 Å². The Bertz CT molecular complexity index is 798. The molecule has 3 rings (SSSR count). The molecule has 0 bridgehead atoms. The van der Waals surface area contributed by atoms with Gasteiger partial charge in [0.25, 0.3) is 0 Å². The number of carbonyl (C=O) groups is 1. The zero-order valence-electron chi connectivity index (χ0n) is 11.7. The van der Waals surface area contributed by atoms with E-state index in [1.807, 2.05) is 19.1 Å². The van der Waals surface area contributed by atoms with Crippen LogP contribution >= 0.6 is 11.6 Å². The smallest absolute Gasteiger partial charge is 0.311 e. The maximum absolute atomic E-state index is 11.5. The third-order valence-electron chi connectivity index (χ3n) is 3.36. The first-order chi connectivity index (χ1) is 10.6. The number of benzene rings is 1. The van der Waals surface area contributed by atoms with E-state index in [1.54, 1.807) is 24.3 Å². The number of pyridine rings is 1. The lowest BCUT2D eigenvalue weighted by Crippen LogP contribution is -2.18. The molecule has 0 radical (unpaired) electrons. The number of nitrogens with zero attached hydrogens (tertiary/aromatic N) is 2. The Hall–Kier alpha value is -2.58. The molecule has 1 aliphatic rings. The second-order valence-corrected chi connectivity index (χ2v) is 5.38. The molecule has 0 amide bonds. The fraction of sp³-hybridized carbons (Fsp3) is 0.188. The molecule has 110 valence electrons. The van der Waals surface area contributed by atoms with Gasteiger partial charge in [0.2, 0.25) is 5.88 Å². The Balaban J connectivity index is 1.89. The molecule has 1 unspecified atom stereocenters. The SMILES string of the molecule is CC1CC(=O)Oc2cc(Oc3ccc(Cl)c(C#N)n3)ccc21. The lowest BCUT2D eigenvalue weighted by Gasteiger charge is -2.21. The Morgan fingerprint density at radius 1 is 1.41 bits per heavy atom. The molecule has 0 spiro atoms. The van der Waals surface area contributed by atoms with Crippen LogP contribution in [0.25, 0.3) is 0 Å². The molecule has 1 atom stereocenters. The van der Waals surface area contributed by atoms with Gasteiger partial charge in [-0.3, -0.25) is 4.79 Å². The van der Waals surface area contributed by atoms with Crippen LogP contribution in [0.5, 0.6) is 17.4 Å². The van der Waals surface area contributed by atoms with Gasteiger partial charge < -0.3 is 9.47 Å². The van der Waals surface area contributed by atoms with Crippen LogP contribution in [0, 0.1) is 11.3 Å². The average Bonchev–Trinajstić information content (AvgIpc) is 2.48. The summed E-state index contributed by atoms with van der Waals surface area (Å²) >= 11 is 5.83. The highest BCUT2D eigenvalue weighted by Crippen LogP contribution is 2.37. The van der Waals surface area contributed by atoms with Gasteiger partial charge in [0.15, 0.2) is 5.69 Å². The van der Waals surface area contributed by atoms with Crippen molar-refractivity contribution in [3.05, 3.63) is 46.6 Å². The van der Waals surface area contributed by atoms with Gasteiger partial charge in [-0.05, 0) is 23.6 Å². The Morgan fingerprint density at radius 2 is 2.23 bits per heavy atom. The molecule has 1 aromatic heterocycles. The van der Waals surface area contributed by atoms with Crippen LogP contribution in [-0.2, 0) is 4.79 Å². The number of rotatable bonds is 2. The highest BCUT2D eigenvalue weighted by atomic mass is 35.5. The summed E-state index contributed by atoms with van der Waals surface area (Å²) in [7, 11) is 0. The quantitative estimate of drug-likeness (QED) is 0.622. The van der Waals surface area contributed by atoms with Crippen molar-refractivity contribution in [3.63, 3.8) is 0 Å². The van der Waals surface area contributed by atoms with Gasteiger partial charge in [0.1, 0.15) is 17.6 Å². The highest BCUT2D eigenvalue weighted by Gasteiger charge is 2.24. The highest BCUT2D eigenvalue weighted by molar-refractivity contribution is 6.31. The summed E-state index contributed by atoms with van der Waals surface area (Å²) in [5, 5.41) is 9.18. The van der Waals surface area contributed by atoms with E-state index in [2.05, 4.69) is 4.98 Å². The fourth-order valence-electron chi connectivity index (χ4n) is 2.28. The van der Waals surface area contributed by atoms with E-state index in [0.717, 1.165) is 5.56 Å². The standard InChI is InChI=1S/C16H11ClN2O3/c1-9-6-16(20)22-14-7-10(2-3-11(9)14)21-15-5-4-12(17)13(8-18)19-15/h2-5,7,9H,6H2,1H3. The number of aromatic nitrogens is 1. The summed E-state index contributed by atoms with van der Waals surface area (Å²) in [5.74, 6) is 1.07. The minimum atomic E-state index is -0.256. The summed E-state index contributed by atoms with van der Waals surface area (Å²) in [6, 6.07) is 10.3. The molecule has 6 heteroatoms. The van der Waals surface area contributed by atoms with Crippen molar-refractivity contribution in [1.82, 2.24) is 4.98 Å². The van der Waals surface area contributed by atoms with Gasteiger partial charge in [-0.25, -0.2) is 4.98 Å². The summed E-state index contributed by atoms with van der Waals surface area (Å²) in [5.41, 5.74) is 1.06. The Kier molecular flexibility index (Phi) is 3.70. The molecule has 5 nitrogen and oxygen atoms in total. The first kappa shape index (κ1) is 14.4. The van der Waals surface area contributed by atoms with E-state index in [-0.39, 0.29) is 28.5 Å². The molecule has 1 aromatic carbocycles. The van der Waals surface area contributed by atoms with E-state index in [4.69, 9.17) is 26.3 Å². The van der Waals surface area contributed by atoms with Gasteiger partial charge >= 0.3 is 5.97 Å². The number of carbonyl (C=O) groups excluding carboxylic acids is 1. The third-order valence-corrected chi connectivity index (χ3v) is 3.67. The van der Waals surface area contributed by atoms with Crippen molar-refractivity contribution in [2.45, 2.75) is 19.3 Å². The maximum Gasteiger partial charge on any atom is 0.311 e. The molecule has 0 saturated carbocycles. The molecule has 1 aliphatic heterocycles. The summed E-state index contributed by atoms with van der Waals surface area (Å²) in [6.45, 7) is 1.97. The predicted molar refractivity (Wildman–Crippen MR) is 79.1 cm³/mol. The van der Waals surface area contributed by atoms with E-state index in [9.17, 15) is 4.79 Å². The van der Waals surface area contributed by atoms with Crippen molar-refractivity contribution >= 4 is 17.6 Å². The lowest BCUT2D eigenvalue weighted by atomic mass is 9.95. The molecular formula is C16H11ClN2O3. The lowest BCUT2D eigenvalue weighted by molar-refractivity contribution is -0.135. The van der Waals surface area contributed by atoms with Crippen molar-refractivity contribution in [1.29, 1.82) is 5.26 Å². The van der Waals surface area contributed by atoms with Crippen LogP contribution in [0.2, 0.25) is 5.02 Å². The van der Waals surface area contributed by atoms with E-state index in [1.165, 1.54) is 0 Å². The van der Waals surface area contributed by atoms with Crippen LogP contribution in [0.15, 0.2) is 30.3 Å². The molecule has 0 N–H and O–H groups in total. The van der Waals surface area contributed by atoms with Crippen molar-refractivity contribution < 1.29 is 14.3 Å². The topological polar surface area (TPSA) is 72.2 Å². The molecule has 2 aromatic rings. The normalized spacial score (nSPS) is 16.4. The largest absolute Gasteiger partial charge is 0.439 e. The second-order valence-electron chi connectivity index (χ2n) is 4.97. The molecule has 0 fully saturated rings. The van der Waals surface area contributed by atoms with E-state index >= 15 is 0 Å². The summed E-state index contributed by atoms with van der Waals surface area (Å²) in [4.78, 5) is 15.5. The first-order valence-electron chi connectivity index (χ1n) is 6.66. The van der Waals surface area contributed by atoms with Crippen molar-refractivity contribution in [2.24, 2.45) is 0 Å². The van der Waals surface area contributed by atoms with Gasteiger partial charge in [-0.1, -0.05) is 24.6 Å². The van der Waals surface area contributed by atoms with Gasteiger partial charge in [0.05, 0.1) is 11.4 Å². The number of esters is 1. The minimum Gasteiger partial charge on any atom is -0.439 e. The van der Waals surface area contributed by atoms with Gasteiger partial charge in [0, 0.05) is 12.1 Å². The minimum absolute atomic E-state index is 0.0946. The number of ether oxygens (including phenoxy) is 2. The van der Waals surface area contributed by atoms with Gasteiger partial charge in [-0.2, -0.15) is 5.26 Å². The number of halogens is 1. The van der Waals surface area contributed by atoms with Crippen LogP contribution in [0.3, 0.4) is 0 Å². The number of nitriles is 1. The number of hydrogen-bond donors (Lipinski definition) is 0. The van der Waals surface area contributed by atoms with E-state index < -0.39 is 0 Å². The predicted octanol–water partition coefficient (Wildman–Crippen LogP) is 3.81. The summed E-state index contributed by atoms with van der Waals surface area (Å²) in [6.07, 6.45) is 0.372. The van der Waals surface area contributed by atoms with Crippen molar-refractivity contribution in [2.75, 3.05) is 0 Å². The molecule has 22 heavy (non-hydrogen) atoms. The van der Waals surface area contributed by atoms with Crippen LogP contribution in [0.1, 0.15) is 30.5 Å². The monoisotopic (exact) mass is 314 g/mol. The fourth-order valence-corrected chi connectivity index (χ4v) is 2.43. The number of fused-ring (bicyclic) bond motifs is 1. The maximum atomic E-state index is 11.5. The third kappa shape index (κ3) is 2.74. The zero-order chi connectivity index (χ0) is 15.7.